The van der Waals surface area contributed by atoms with E-state index in [1.54, 1.807) is 0 Å². The van der Waals surface area contributed by atoms with Gasteiger partial charge < -0.3 is 20.5 Å². The average molecular weight is 276 g/mol. The second-order valence-electron chi connectivity index (χ2n) is 5.45. The second kappa shape index (κ2) is 5.81. The van der Waals surface area contributed by atoms with Gasteiger partial charge in [-0.1, -0.05) is 18.2 Å². The van der Waals surface area contributed by atoms with Gasteiger partial charge in [0.1, 0.15) is 18.4 Å². The van der Waals surface area contributed by atoms with E-state index in [0.717, 1.165) is 30.8 Å². The van der Waals surface area contributed by atoms with Crippen LogP contribution in [0.15, 0.2) is 24.3 Å². The molecule has 20 heavy (non-hydrogen) atoms. The Morgan fingerprint density at radius 2 is 2.10 bits per heavy atom. The average Bonchev–Trinajstić information content (AvgIpc) is 2.69. The molecule has 2 heterocycles. The Kier molecular flexibility index (Phi) is 3.89. The zero-order chi connectivity index (χ0) is 13.9. The number of hydrogen-bond acceptors (Lipinski definition) is 4. The van der Waals surface area contributed by atoms with Crippen LogP contribution in [0.1, 0.15) is 24.4 Å². The molecule has 2 aliphatic heterocycles. The van der Waals surface area contributed by atoms with Gasteiger partial charge in [-0.15, -0.1) is 0 Å². The molecule has 2 aliphatic rings. The van der Waals surface area contributed by atoms with Gasteiger partial charge in [-0.2, -0.15) is 0 Å². The van der Waals surface area contributed by atoms with Crippen molar-refractivity contribution in [2.24, 2.45) is 5.92 Å². The number of para-hydroxylation sites is 1. The number of benzene rings is 1. The highest BCUT2D eigenvalue weighted by atomic mass is 16.5. The lowest BCUT2D eigenvalue weighted by molar-refractivity contribution is -0.140. The topological polar surface area (TPSA) is 70.6 Å². The van der Waals surface area contributed by atoms with Crippen LogP contribution in [0.5, 0.6) is 5.75 Å². The molecule has 0 radical (unpaired) electrons. The second-order valence-corrected chi connectivity index (χ2v) is 5.45. The summed E-state index contributed by atoms with van der Waals surface area (Å²) >= 11 is 0. The van der Waals surface area contributed by atoms with E-state index < -0.39 is 12.0 Å². The van der Waals surface area contributed by atoms with Gasteiger partial charge in [0.25, 0.3) is 0 Å². The number of ether oxygens (including phenoxy) is 1. The minimum atomic E-state index is -0.757. The van der Waals surface area contributed by atoms with Crippen LogP contribution in [-0.4, -0.2) is 36.8 Å². The van der Waals surface area contributed by atoms with Crippen LogP contribution in [0.3, 0.4) is 0 Å². The van der Waals surface area contributed by atoms with E-state index in [2.05, 4.69) is 16.7 Å². The minimum absolute atomic E-state index is 0.178. The molecule has 108 valence electrons. The number of fused-ring (bicyclic) bond motifs is 1. The number of carboxylic acids is 1. The summed E-state index contributed by atoms with van der Waals surface area (Å²) in [6.07, 6.45) is 1.64. The maximum atomic E-state index is 11.2. The highest BCUT2D eigenvalue weighted by Crippen LogP contribution is 2.36. The van der Waals surface area contributed by atoms with Crippen LogP contribution in [0, 0.1) is 5.92 Å². The first-order chi connectivity index (χ1) is 9.75. The summed E-state index contributed by atoms with van der Waals surface area (Å²) in [6.45, 7) is 2.20. The number of nitrogens with one attached hydrogen (secondary N) is 2. The van der Waals surface area contributed by atoms with E-state index in [1.165, 1.54) is 0 Å². The number of aliphatic carboxylic acids is 1. The molecule has 2 unspecified atom stereocenters. The van der Waals surface area contributed by atoms with Gasteiger partial charge in [0.15, 0.2) is 0 Å². The molecule has 5 heteroatoms. The smallest absolute Gasteiger partial charge is 0.320 e. The molecule has 3 atom stereocenters. The molecule has 3 rings (SSSR count). The van der Waals surface area contributed by atoms with E-state index in [-0.39, 0.29) is 6.04 Å². The molecule has 0 aromatic heterocycles. The van der Waals surface area contributed by atoms with Crippen molar-refractivity contribution in [1.29, 1.82) is 0 Å². The Balaban J connectivity index is 1.84. The summed E-state index contributed by atoms with van der Waals surface area (Å²) in [7, 11) is 0. The highest BCUT2D eigenvalue weighted by Gasteiger charge is 2.33. The summed E-state index contributed by atoms with van der Waals surface area (Å²) in [6, 6.07) is 7.80. The first-order valence-electron chi connectivity index (χ1n) is 7.17. The molecular formula is C15H20N2O3. The molecule has 3 N–H and O–H groups in total. The Morgan fingerprint density at radius 1 is 1.25 bits per heavy atom. The van der Waals surface area contributed by atoms with Gasteiger partial charge in [0.2, 0.25) is 0 Å². The van der Waals surface area contributed by atoms with E-state index in [9.17, 15) is 9.90 Å². The highest BCUT2D eigenvalue weighted by molar-refractivity contribution is 5.73. The fraction of sp³-hybridized carbons (Fsp3) is 0.533. The minimum Gasteiger partial charge on any atom is -0.492 e. The molecule has 0 aliphatic carbocycles. The third-order valence-corrected chi connectivity index (χ3v) is 4.19. The standard InChI is InChI=1S/C15H20N2O3/c18-15(19)12-9-10(5-6-16-12)14-11-3-1-2-4-13(11)20-8-7-17-14/h1-4,10,12,14,16-17H,5-9H2,(H,18,19)/t10-,12?,14?/m1/s1. The molecule has 0 bridgehead atoms. The fourth-order valence-electron chi connectivity index (χ4n) is 3.21. The Labute approximate surface area is 118 Å². The van der Waals surface area contributed by atoms with Crippen molar-refractivity contribution in [3.8, 4) is 5.75 Å². The van der Waals surface area contributed by atoms with Gasteiger partial charge in [0.05, 0.1) is 0 Å². The Hall–Kier alpha value is -1.59. The number of carboxylic acid groups (broad SMARTS) is 1. The zero-order valence-electron chi connectivity index (χ0n) is 11.3. The molecule has 0 saturated carbocycles. The summed E-state index contributed by atoms with van der Waals surface area (Å²) < 4.78 is 5.75. The predicted molar refractivity (Wildman–Crippen MR) is 74.8 cm³/mol. The number of carbonyl (C=O) groups is 1. The predicted octanol–water partition coefficient (Wildman–Crippen LogP) is 1.16. The molecule has 1 aromatic carbocycles. The van der Waals surface area contributed by atoms with E-state index >= 15 is 0 Å². The Morgan fingerprint density at radius 3 is 2.95 bits per heavy atom. The molecule has 1 fully saturated rings. The lowest BCUT2D eigenvalue weighted by Gasteiger charge is -2.34. The number of rotatable bonds is 2. The zero-order valence-corrected chi connectivity index (χ0v) is 11.3. The lowest BCUT2D eigenvalue weighted by atomic mass is 9.82. The molecular weight excluding hydrogens is 256 g/mol. The van der Waals surface area contributed by atoms with Crippen LogP contribution < -0.4 is 15.4 Å². The maximum absolute atomic E-state index is 11.2. The monoisotopic (exact) mass is 276 g/mol. The van der Waals surface area contributed by atoms with Gasteiger partial charge in [0, 0.05) is 18.2 Å². The normalized spacial score (nSPS) is 29.9. The van der Waals surface area contributed by atoms with Gasteiger partial charge in [-0.05, 0) is 31.4 Å². The molecule has 0 spiro atoms. The Bertz CT molecular complexity index is 492. The van der Waals surface area contributed by atoms with Crippen molar-refractivity contribution in [3.63, 3.8) is 0 Å². The van der Waals surface area contributed by atoms with Crippen LogP contribution in [-0.2, 0) is 4.79 Å². The number of piperidine rings is 1. The third-order valence-electron chi connectivity index (χ3n) is 4.19. The van der Waals surface area contributed by atoms with Crippen molar-refractivity contribution < 1.29 is 14.6 Å². The number of hydrogen-bond donors (Lipinski definition) is 3. The fourth-order valence-corrected chi connectivity index (χ4v) is 3.21. The summed E-state index contributed by atoms with van der Waals surface area (Å²) in [4.78, 5) is 11.2. The first-order valence-corrected chi connectivity index (χ1v) is 7.17. The van der Waals surface area contributed by atoms with Crippen molar-refractivity contribution in [3.05, 3.63) is 29.8 Å². The maximum Gasteiger partial charge on any atom is 0.320 e. The summed E-state index contributed by atoms with van der Waals surface area (Å²) in [5, 5.41) is 15.8. The largest absolute Gasteiger partial charge is 0.492 e. The van der Waals surface area contributed by atoms with Gasteiger partial charge >= 0.3 is 5.97 Å². The first kappa shape index (κ1) is 13.4. The molecule has 0 amide bonds. The van der Waals surface area contributed by atoms with Gasteiger partial charge in [-0.3, -0.25) is 4.79 Å². The molecule has 1 saturated heterocycles. The van der Waals surface area contributed by atoms with Crippen LogP contribution in [0.25, 0.3) is 0 Å². The van der Waals surface area contributed by atoms with E-state index in [0.29, 0.717) is 18.9 Å². The van der Waals surface area contributed by atoms with Crippen molar-refractivity contribution in [2.45, 2.75) is 24.9 Å². The lowest BCUT2D eigenvalue weighted by Crippen LogP contribution is -2.46. The quantitative estimate of drug-likeness (QED) is 0.756. The SMILES string of the molecule is O=C(O)C1C[C@H](C2NCCOc3ccccc32)CCN1. The van der Waals surface area contributed by atoms with Crippen LogP contribution >= 0.6 is 0 Å². The van der Waals surface area contributed by atoms with Crippen LogP contribution in [0.2, 0.25) is 0 Å². The molecule has 5 nitrogen and oxygen atoms in total. The summed E-state index contributed by atoms with van der Waals surface area (Å²) in [5.74, 6) is 0.487. The van der Waals surface area contributed by atoms with E-state index in [4.69, 9.17) is 4.74 Å². The third kappa shape index (κ3) is 2.64. The van der Waals surface area contributed by atoms with E-state index in [1.807, 2.05) is 18.2 Å². The molecule has 1 aromatic rings. The van der Waals surface area contributed by atoms with Crippen molar-refractivity contribution >= 4 is 5.97 Å². The van der Waals surface area contributed by atoms with Crippen molar-refractivity contribution in [1.82, 2.24) is 10.6 Å². The van der Waals surface area contributed by atoms with Crippen LogP contribution in [0.4, 0.5) is 0 Å². The van der Waals surface area contributed by atoms with Crippen molar-refractivity contribution in [2.75, 3.05) is 19.7 Å². The van der Waals surface area contributed by atoms with Gasteiger partial charge in [-0.25, -0.2) is 0 Å². The summed E-state index contributed by atoms with van der Waals surface area (Å²) in [5.41, 5.74) is 1.15.